The van der Waals surface area contributed by atoms with Crippen LogP contribution < -0.4 is 5.32 Å². The summed E-state index contributed by atoms with van der Waals surface area (Å²) >= 11 is 0. The van der Waals surface area contributed by atoms with Crippen molar-refractivity contribution in [2.75, 3.05) is 26.7 Å². The summed E-state index contributed by atoms with van der Waals surface area (Å²) in [6.45, 7) is 1.78. The van der Waals surface area contributed by atoms with Crippen LogP contribution in [0.2, 0.25) is 0 Å². The minimum absolute atomic E-state index is 0.0346. The lowest BCUT2D eigenvalue weighted by molar-refractivity contribution is -0.143. The molecule has 1 atom stereocenters. The Morgan fingerprint density at radius 3 is 2.50 bits per heavy atom. The van der Waals surface area contributed by atoms with Crippen LogP contribution in [0.15, 0.2) is 30.3 Å². The molecule has 0 aromatic heterocycles. The zero-order chi connectivity index (χ0) is 14.4. The molecule has 2 rings (SSSR count). The highest BCUT2D eigenvalue weighted by Crippen LogP contribution is 2.14. The first-order valence-electron chi connectivity index (χ1n) is 6.86. The topological polar surface area (TPSA) is 58.6 Å². The molecule has 0 saturated carbocycles. The van der Waals surface area contributed by atoms with Crippen LogP contribution in [0.5, 0.6) is 0 Å². The van der Waals surface area contributed by atoms with Crippen molar-refractivity contribution in [3.05, 3.63) is 35.9 Å². The monoisotopic (exact) mass is 276 g/mol. The van der Waals surface area contributed by atoms with Crippen molar-refractivity contribution < 1.29 is 14.3 Å². The molecule has 5 nitrogen and oxygen atoms in total. The normalized spacial score (nSPS) is 15.9. The van der Waals surface area contributed by atoms with Crippen LogP contribution in [0, 0.1) is 0 Å². The smallest absolute Gasteiger partial charge is 0.327 e. The first-order chi connectivity index (χ1) is 9.72. The molecule has 1 aromatic rings. The van der Waals surface area contributed by atoms with Gasteiger partial charge < -0.3 is 9.64 Å². The summed E-state index contributed by atoms with van der Waals surface area (Å²) in [6, 6.07) is 8.68. The largest absolute Gasteiger partial charge is 0.468 e. The number of likely N-dealkylation sites (tertiary alicyclic amines) is 1. The Balaban J connectivity index is 1.98. The molecule has 0 aliphatic carbocycles. The molecule has 1 aliphatic rings. The van der Waals surface area contributed by atoms with Gasteiger partial charge >= 0.3 is 5.97 Å². The van der Waals surface area contributed by atoms with Crippen LogP contribution in [0.4, 0.5) is 0 Å². The number of amides is 1. The first kappa shape index (κ1) is 14.5. The van der Waals surface area contributed by atoms with E-state index in [0.717, 1.165) is 31.5 Å². The number of ether oxygens (including phenoxy) is 1. The Morgan fingerprint density at radius 1 is 1.25 bits per heavy atom. The van der Waals surface area contributed by atoms with Gasteiger partial charge in [-0.2, -0.15) is 0 Å². The van der Waals surface area contributed by atoms with Crippen LogP contribution >= 0.6 is 0 Å². The molecule has 108 valence electrons. The number of benzene rings is 1. The maximum Gasteiger partial charge on any atom is 0.327 e. The van der Waals surface area contributed by atoms with Crippen LogP contribution in [-0.2, 0) is 14.3 Å². The second-order valence-corrected chi connectivity index (χ2v) is 4.84. The van der Waals surface area contributed by atoms with Crippen LogP contribution in [0.25, 0.3) is 0 Å². The SMILES string of the molecule is COC(=O)C(NCC(=O)N1CCCC1)c1ccccc1. The average Bonchev–Trinajstić information content (AvgIpc) is 3.02. The molecule has 0 radical (unpaired) electrons. The summed E-state index contributed by atoms with van der Waals surface area (Å²) < 4.78 is 4.80. The quantitative estimate of drug-likeness (QED) is 0.819. The molecule has 1 aromatic carbocycles. The Morgan fingerprint density at radius 2 is 1.90 bits per heavy atom. The second-order valence-electron chi connectivity index (χ2n) is 4.84. The molecule has 1 N–H and O–H groups in total. The van der Waals surface area contributed by atoms with Crippen molar-refractivity contribution in [2.45, 2.75) is 18.9 Å². The van der Waals surface area contributed by atoms with E-state index in [-0.39, 0.29) is 18.4 Å². The van der Waals surface area contributed by atoms with E-state index < -0.39 is 6.04 Å². The van der Waals surface area contributed by atoms with Crippen LogP contribution in [-0.4, -0.2) is 43.5 Å². The summed E-state index contributed by atoms with van der Waals surface area (Å²) in [6.07, 6.45) is 2.12. The molecule has 1 amide bonds. The predicted octanol–water partition coefficient (Wildman–Crippen LogP) is 1.11. The zero-order valence-corrected chi connectivity index (χ0v) is 11.7. The van der Waals surface area contributed by atoms with Gasteiger partial charge in [0.1, 0.15) is 6.04 Å². The number of hydrogen-bond acceptors (Lipinski definition) is 4. The molecule has 1 unspecified atom stereocenters. The van der Waals surface area contributed by atoms with Crippen molar-refractivity contribution in [1.82, 2.24) is 10.2 Å². The van der Waals surface area contributed by atoms with E-state index in [0.29, 0.717) is 0 Å². The molecule has 5 heteroatoms. The molecule has 1 aliphatic heterocycles. The highest BCUT2D eigenvalue weighted by atomic mass is 16.5. The van der Waals surface area contributed by atoms with Crippen molar-refractivity contribution in [3.8, 4) is 0 Å². The number of nitrogens with one attached hydrogen (secondary N) is 1. The summed E-state index contributed by atoms with van der Waals surface area (Å²) in [5, 5.41) is 3.00. The van der Waals surface area contributed by atoms with Gasteiger partial charge in [-0.25, -0.2) is 4.79 Å². The van der Waals surface area contributed by atoms with Gasteiger partial charge in [0.05, 0.1) is 13.7 Å². The van der Waals surface area contributed by atoms with Gasteiger partial charge in [0, 0.05) is 13.1 Å². The van der Waals surface area contributed by atoms with E-state index in [1.807, 2.05) is 35.2 Å². The minimum Gasteiger partial charge on any atom is -0.468 e. The van der Waals surface area contributed by atoms with Gasteiger partial charge in [-0.15, -0.1) is 0 Å². The Hall–Kier alpha value is -1.88. The third-order valence-corrected chi connectivity index (χ3v) is 3.49. The lowest BCUT2D eigenvalue weighted by Gasteiger charge is -2.20. The fraction of sp³-hybridized carbons (Fsp3) is 0.467. The van der Waals surface area contributed by atoms with E-state index in [1.165, 1.54) is 7.11 Å². The van der Waals surface area contributed by atoms with Crippen molar-refractivity contribution in [3.63, 3.8) is 0 Å². The van der Waals surface area contributed by atoms with E-state index in [9.17, 15) is 9.59 Å². The van der Waals surface area contributed by atoms with Crippen molar-refractivity contribution >= 4 is 11.9 Å². The number of esters is 1. The first-order valence-corrected chi connectivity index (χ1v) is 6.86. The molecule has 0 bridgehead atoms. The van der Waals surface area contributed by atoms with E-state index >= 15 is 0 Å². The highest BCUT2D eigenvalue weighted by molar-refractivity contribution is 5.81. The lowest BCUT2D eigenvalue weighted by atomic mass is 10.1. The third-order valence-electron chi connectivity index (χ3n) is 3.49. The maximum absolute atomic E-state index is 12.0. The molecular formula is C15H20N2O3. The molecular weight excluding hydrogens is 256 g/mol. The van der Waals surface area contributed by atoms with Gasteiger partial charge in [-0.3, -0.25) is 10.1 Å². The number of nitrogens with zero attached hydrogens (tertiary/aromatic N) is 1. The predicted molar refractivity (Wildman–Crippen MR) is 75.0 cm³/mol. The fourth-order valence-corrected chi connectivity index (χ4v) is 2.37. The Labute approximate surface area is 118 Å². The maximum atomic E-state index is 12.0. The molecule has 1 heterocycles. The Kier molecular flexibility index (Phi) is 5.12. The standard InChI is InChI=1S/C15H20N2O3/c1-20-15(19)14(12-7-3-2-4-8-12)16-11-13(18)17-9-5-6-10-17/h2-4,7-8,14,16H,5-6,9-11H2,1H3. The van der Waals surface area contributed by atoms with Crippen molar-refractivity contribution in [2.24, 2.45) is 0 Å². The van der Waals surface area contributed by atoms with E-state index in [2.05, 4.69) is 5.32 Å². The molecule has 1 saturated heterocycles. The summed E-state index contributed by atoms with van der Waals surface area (Å²) in [4.78, 5) is 25.7. The van der Waals surface area contributed by atoms with Crippen molar-refractivity contribution in [1.29, 1.82) is 0 Å². The Bertz CT molecular complexity index is 455. The summed E-state index contributed by atoms with van der Waals surface area (Å²) in [5.41, 5.74) is 0.800. The number of carbonyl (C=O) groups is 2. The summed E-state index contributed by atoms with van der Waals surface area (Å²) in [5.74, 6) is -0.349. The van der Waals surface area contributed by atoms with E-state index in [1.54, 1.807) is 0 Å². The average molecular weight is 276 g/mol. The fourth-order valence-electron chi connectivity index (χ4n) is 2.37. The van der Waals surface area contributed by atoms with Gasteiger partial charge in [0.15, 0.2) is 0 Å². The van der Waals surface area contributed by atoms with Crippen LogP contribution in [0.3, 0.4) is 0 Å². The number of hydrogen-bond donors (Lipinski definition) is 1. The molecule has 20 heavy (non-hydrogen) atoms. The van der Waals surface area contributed by atoms with Gasteiger partial charge in [0.2, 0.25) is 5.91 Å². The van der Waals surface area contributed by atoms with Gasteiger partial charge in [-0.05, 0) is 18.4 Å². The van der Waals surface area contributed by atoms with Gasteiger partial charge in [-0.1, -0.05) is 30.3 Å². The number of methoxy groups -OCH3 is 1. The van der Waals surface area contributed by atoms with Gasteiger partial charge in [0.25, 0.3) is 0 Å². The lowest BCUT2D eigenvalue weighted by Crippen LogP contribution is -2.40. The number of carbonyl (C=O) groups excluding carboxylic acids is 2. The minimum atomic E-state index is -0.604. The van der Waals surface area contributed by atoms with E-state index in [4.69, 9.17) is 4.74 Å². The highest BCUT2D eigenvalue weighted by Gasteiger charge is 2.24. The summed E-state index contributed by atoms with van der Waals surface area (Å²) in [7, 11) is 1.35. The molecule has 0 spiro atoms. The number of rotatable bonds is 5. The molecule has 1 fully saturated rings. The third kappa shape index (κ3) is 3.57. The van der Waals surface area contributed by atoms with Crippen LogP contribution in [0.1, 0.15) is 24.4 Å². The zero-order valence-electron chi connectivity index (χ0n) is 11.7. The second kappa shape index (κ2) is 7.05.